The number of likely N-dealkylation sites (tertiary alicyclic amines) is 1. The average molecular weight is 525 g/mol. The molecule has 1 heterocycles. The van der Waals surface area contributed by atoms with E-state index in [1.165, 1.54) is 29.2 Å². The molecule has 1 unspecified atom stereocenters. The van der Waals surface area contributed by atoms with Gasteiger partial charge in [0.2, 0.25) is 5.91 Å². The molecule has 4 rings (SSSR count). The number of carbonyl (C=O) groups is 2. The van der Waals surface area contributed by atoms with Crippen LogP contribution >= 0.6 is 0 Å². The molecule has 0 aromatic heterocycles. The minimum absolute atomic E-state index is 0.124. The summed E-state index contributed by atoms with van der Waals surface area (Å²) in [5.74, 6) is -2.86. The van der Waals surface area contributed by atoms with E-state index in [4.69, 9.17) is 11.1 Å². The van der Waals surface area contributed by atoms with E-state index in [-0.39, 0.29) is 34.8 Å². The second-order valence-electron chi connectivity index (χ2n) is 9.18. The van der Waals surface area contributed by atoms with Crippen molar-refractivity contribution in [3.05, 3.63) is 94.5 Å². The Bertz CT molecular complexity index is 1350. The van der Waals surface area contributed by atoms with Gasteiger partial charge in [0.25, 0.3) is 5.91 Å². The van der Waals surface area contributed by atoms with E-state index >= 15 is 0 Å². The summed E-state index contributed by atoms with van der Waals surface area (Å²) in [6.07, 6.45) is -3.22. The number of carbonyl (C=O) groups excluding carboxylic acids is 2. The minimum Gasteiger partial charge on any atom is -0.508 e. The zero-order valence-electron chi connectivity index (χ0n) is 20.4. The maximum atomic E-state index is 13.9. The summed E-state index contributed by atoms with van der Waals surface area (Å²) >= 11 is 0. The van der Waals surface area contributed by atoms with Gasteiger partial charge >= 0.3 is 6.18 Å². The topological polar surface area (TPSA) is 120 Å². The van der Waals surface area contributed by atoms with Crippen LogP contribution in [0.3, 0.4) is 0 Å². The highest BCUT2D eigenvalue weighted by atomic mass is 19.4. The van der Waals surface area contributed by atoms with Gasteiger partial charge in [-0.15, -0.1) is 0 Å². The molecule has 0 saturated carbocycles. The fourth-order valence-electron chi connectivity index (χ4n) is 4.56. The molecule has 3 aromatic carbocycles. The van der Waals surface area contributed by atoms with Gasteiger partial charge in [0.1, 0.15) is 11.6 Å². The van der Waals surface area contributed by atoms with Crippen LogP contribution in [0.1, 0.15) is 51.4 Å². The zero-order chi connectivity index (χ0) is 27.4. The van der Waals surface area contributed by atoms with Crippen molar-refractivity contribution in [1.29, 1.82) is 5.41 Å². The number of aromatic hydroxyl groups is 1. The number of nitrogen functional groups attached to an aromatic ring is 1. The highest BCUT2D eigenvalue weighted by Crippen LogP contribution is 2.36. The quantitative estimate of drug-likeness (QED) is 0.260. The number of amides is 2. The highest BCUT2D eigenvalue weighted by Gasteiger charge is 2.37. The van der Waals surface area contributed by atoms with E-state index in [0.29, 0.717) is 13.1 Å². The van der Waals surface area contributed by atoms with E-state index in [0.717, 1.165) is 30.5 Å². The standard InChI is InChI=1S/C28H27F3N4O3/c29-28(30,31)23-16-19(9-10-20(23)27(38)35-12-4-5-13-35)34-26(37)22(14-17-6-2-1-3-7-17)21-15-18(25(32)33)8-11-24(21)36/h1-3,6-11,15-16,22,36H,4-5,12-14H2,(H3,32,33)(H,34,37). The molecular weight excluding hydrogens is 497 g/mol. The number of phenolic OH excluding ortho intramolecular Hbond substituents is 1. The summed E-state index contributed by atoms with van der Waals surface area (Å²) in [6, 6.07) is 16.2. The van der Waals surface area contributed by atoms with Crippen molar-refractivity contribution in [3.8, 4) is 5.75 Å². The number of hydrogen-bond donors (Lipinski definition) is 4. The molecule has 1 atom stereocenters. The second kappa shape index (κ2) is 11.0. The van der Waals surface area contributed by atoms with Gasteiger partial charge in [0.15, 0.2) is 0 Å². The largest absolute Gasteiger partial charge is 0.508 e. The molecule has 0 spiro atoms. The Labute approximate surface area is 217 Å². The molecule has 10 heteroatoms. The zero-order valence-corrected chi connectivity index (χ0v) is 20.4. The number of benzene rings is 3. The first-order valence-electron chi connectivity index (χ1n) is 12.1. The number of alkyl halides is 3. The molecule has 0 aliphatic carbocycles. The molecule has 7 nitrogen and oxygen atoms in total. The summed E-state index contributed by atoms with van der Waals surface area (Å²) in [4.78, 5) is 27.6. The van der Waals surface area contributed by atoms with Gasteiger partial charge in [-0.2, -0.15) is 13.2 Å². The third kappa shape index (κ3) is 5.96. The van der Waals surface area contributed by atoms with Gasteiger partial charge in [-0.3, -0.25) is 15.0 Å². The number of phenols is 1. The number of nitrogens with zero attached hydrogens (tertiary/aromatic N) is 1. The van der Waals surface area contributed by atoms with Gasteiger partial charge in [-0.05, 0) is 61.2 Å². The smallest absolute Gasteiger partial charge is 0.417 e. The lowest BCUT2D eigenvalue weighted by molar-refractivity contribution is -0.138. The number of anilines is 1. The third-order valence-corrected chi connectivity index (χ3v) is 6.53. The van der Waals surface area contributed by atoms with E-state index < -0.39 is 35.0 Å². The fraction of sp³-hybridized carbons (Fsp3) is 0.250. The minimum atomic E-state index is -4.82. The normalized spacial score (nSPS) is 14.2. The summed E-state index contributed by atoms with van der Waals surface area (Å²) in [6.45, 7) is 0.803. The van der Waals surface area contributed by atoms with Crippen molar-refractivity contribution in [2.24, 2.45) is 5.73 Å². The van der Waals surface area contributed by atoms with Crippen molar-refractivity contribution < 1.29 is 27.9 Å². The summed E-state index contributed by atoms with van der Waals surface area (Å²) < 4.78 is 41.8. The third-order valence-electron chi connectivity index (χ3n) is 6.53. The molecule has 198 valence electrons. The van der Waals surface area contributed by atoms with Crippen LogP contribution in [0.4, 0.5) is 18.9 Å². The summed E-state index contributed by atoms with van der Waals surface area (Å²) in [7, 11) is 0. The van der Waals surface area contributed by atoms with Gasteiger partial charge in [-0.1, -0.05) is 30.3 Å². The Hall–Kier alpha value is -4.34. The highest BCUT2D eigenvalue weighted by molar-refractivity contribution is 6.00. The predicted octanol–water partition coefficient (Wildman–Crippen LogP) is 4.90. The van der Waals surface area contributed by atoms with E-state index in [2.05, 4.69) is 5.32 Å². The Morgan fingerprint density at radius 2 is 1.71 bits per heavy atom. The fourth-order valence-corrected chi connectivity index (χ4v) is 4.56. The molecular formula is C28H27F3N4O3. The molecule has 38 heavy (non-hydrogen) atoms. The number of nitrogens with two attached hydrogens (primary N) is 1. The van der Waals surface area contributed by atoms with Crippen LogP contribution in [-0.4, -0.2) is 40.7 Å². The van der Waals surface area contributed by atoms with Crippen LogP contribution in [0.2, 0.25) is 0 Å². The van der Waals surface area contributed by atoms with Crippen molar-refractivity contribution in [2.45, 2.75) is 31.4 Å². The lowest BCUT2D eigenvalue weighted by atomic mass is 9.89. The Morgan fingerprint density at radius 1 is 1.03 bits per heavy atom. The van der Waals surface area contributed by atoms with Crippen LogP contribution in [0.15, 0.2) is 66.7 Å². The van der Waals surface area contributed by atoms with Gasteiger partial charge in [0, 0.05) is 29.9 Å². The molecule has 1 aliphatic rings. The van der Waals surface area contributed by atoms with Crippen molar-refractivity contribution in [3.63, 3.8) is 0 Å². The monoisotopic (exact) mass is 524 g/mol. The van der Waals surface area contributed by atoms with Crippen LogP contribution in [0, 0.1) is 5.41 Å². The first-order chi connectivity index (χ1) is 18.0. The lowest BCUT2D eigenvalue weighted by Crippen LogP contribution is -2.30. The number of nitrogens with one attached hydrogen (secondary N) is 2. The van der Waals surface area contributed by atoms with Gasteiger partial charge in [0.05, 0.1) is 17.0 Å². The number of hydrogen-bond acceptors (Lipinski definition) is 4. The molecule has 3 aromatic rings. The van der Waals surface area contributed by atoms with Crippen LogP contribution < -0.4 is 11.1 Å². The van der Waals surface area contributed by atoms with Crippen molar-refractivity contribution in [1.82, 2.24) is 4.90 Å². The number of halogens is 3. The molecule has 1 fully saturated rings. The van der Waals surface area contributed by atoms with E-state index in [1.54, 1.807) is 30.3 Å². The molecule has 0 radical (unpaired) electrons. The molecule has 2 amide bonds. The lowest BCUT2D eigenvalue weighted by Gasteiger charge is -2.21. The maximum Gasteiger partial charge on any atom is 0.417 e. The Balaban J connectivity index is 1.69. The number of rotatable bonds is 7. The second-order valence-corrected chi connectivity index (χ2v) is 9.18. The van der Waals surface area contributed by atoms with E-state index in [1.807, 2.05) is 0 Å². The molecule has 5 N–H and O–H groups in total. The van der Waals surface area contributed by atoms with Crippen molar-refractivity contribution >= 4 is 23.3 Å². The Morgan fingerprint density at radius 3 is 2.34 bits per heavy atom. The van der Waals surface area contributed by atoms with Crippen LogP contribution in [-0.2, 0) is 17.4 Å². The van der Waals surface area contributed by atoms with E-state index in [9.17, 15) is 27.9 Å². The number of amidine groups is 1. The summed E-state index contributed by atoms with van der Waals surface area (Å²) in [5.41, 5.74) is 5.07. The average Bonchev–Trinajstić information content (AvgIpc) is 3.42. The van der Waals surface area contributed by atoms with Gasteiger partial charge < -0.3 is 21.1 Å². The van der Waals surface area contributed by atoms with Crippen molar-refractivity contribution in [2.75, 3.05) is 18.4 Å². The Kier molecular flexibility index (Phi) is 7.70. The maximum absolute atomic E-state index is 13.9. The first kappa shape index (κ1) is 26.7. The molecule has 0 bridgehead atoms. The first-order valence-corrected chi connectivity index (χ1v) is 12.1. The van der Waals surface area contributed by atoms with Gasteiger partial charge in [-0.25, -0.2) is 0 Å². The predicted molar refractivity (Wildman–Crippen MR) is 137 cm³/mol. The van der Waals surface area contributed by atoms with Crippen LogP contribution in [0.25, 0.3) is 0 Å². The summed E-state index contributed by atoms with van der Waals surface area (Å²) in [5, 5.41) is 20.8. The SMILES string of the molecule is N=C(N)c1ccc(O)c(C(Cc2ccccc2)C(=O)Nc2ccc(C(=O)N3CCCC3)c(C(F)(F)F)c2)c1. The molecule has 1 aliphatic heterocycles. The van der Waals surface area contributed by atoms with Crippen LogP contribution in [0.5, 0.6) is 5.75 Å². The molecule has 1 saturated heterocycles.